The first kappa shape index (κ1) is 20.5. The molecule has 6 nitrogen and oxygen atoms in total. The molecule has 0 radical (unpaired) electrons. The van der Waals surface area contributed by atoms with Gasteiger partial charge in [0.15, 0.2) is 6.10 Å². The number of nitrogens with zero attached hydrogens (tertiary/aromatic N) is 1. The van der Waals surface area contributed by atoms with E-state index in [1.807, 2.05) is 19.9 Å². The summed E-state index contributed by atoms with van der Waals surface area (Å²) in [6.07, 6.45) is -0.107. The second kappa shape index (κ2) is 9.19. The van der Waals surface area contributed by atoms with Crippen molar-refractivity contribution in [2.24, 2.45) is 0 Å². The average molecular weight is 386 g/mol. The van der Waals surface area contributed by atoms with E-state index >= 15 is 0 Å². The van der Waals surface area contributed by atoms with Crippen LogP contribution in [0.15, 0.2) is 24.3 Å². The van der Waals surface area contributed by atoms with Crippen molar-refractivity contribution < 1.29 is 19.1 Å². The summed E-state index contributed by atoms with van der Waals surface area (Å²) < 4.78 is 10.8. The molecule has 0 bridgehead atoms. The lowest BCUT2D eigenvalue weighted by Crippen LogP contribution is -2.30. The van der Waals surface area contributed by atoms with Gasteiger partial charge in [0, 0.05) is 4.88 Å². The summed E-state index contributed by atoms with van der Waals surface area (Å²) in [7, 11) is 0. The van der Waals surface area contributed by atoms with E-state index in [0.29, 0.717) is 28.3 Å². The summed E-state index contributed by atoms with van der Waals surface area (Å²) in [6, 6.07) is 8.54. The monoisotopic (exact) mass is 386 g/mol. The van der Waals surface area contributed by atoms with E-state index in [9.17, 15) is 9.59 Å². The fourth-order valence-electron chi connectivity index (χ4n) is 2.59. The number of nitrogens with one attached hydrogen (secondary N) is 1. The van der Waals surface area contributed by atoms with Crippen LogP contribution in [0.3, 0.4) is 0 Å². The van der Waals surface area contributed by atoms with Crippen molar-refractivity contribution in [1.29, 1.82) is 5.26 Å². The van der Waals surface area contributed by atoms with Gasteiger partial charge in [-0.3, -0.25) is 4.79 Å². The summed E-state index contributed by atoms with van der Waals surface area (Å²) in [4.78, 5) is 25.9. The molecule has 142 valence electrons. The number of ether oxygens (including phenoxy) is 2. The van der Waals surface area contributed by atoms with Crippen LogP contribution in [0.5, 0.6) is 5.75 Å². The number of rotatable bonds is 7. The number of carbonyl (C=O) groups is 2. The number of amides is 1. The van der Waals surface area contributed by atoms with Crippen LogP contribution in [0, 0.1) is 18.3 Å². The number of thiophene rings is 1. The van der Waals surface area contributed by atoms with Crippen molar-refractivity contribution in [2.45, 2.75) is 40.2 Å². The maximum absolute atomic E-state index is 12.5. The predicted octanol–water partition coefficient (Wildman–Crippen LogP) is 4.07. The van der Waals surface area contributed by atoms with Crippen molar-refractivity contribution in [2.75, 3.05) is 11.9 Å². The number of anilines is 1. The standard InChI is InChI=1S/C20H22N2O4S/c1-5-16-13(4)27-19(17(16)20(24)25-6-2)22-18(23)12(3)26-15-9-7-14(11-21)8-10-15/h7-10,12H,5-6H2,1-4H3,(H,22,23). The number of carbonyl (C=O) groups excluding carboxylic acids is 2. The Morgan fingerprint density at radius 2 is 1.93 bits per heavy atom. The zero-order valence-electron chi connectivity index (χ0n) is 15.8. The van der Waals surface area contributed by atoms with Crippen molar-refractivity contribution in [1.82, 2.24) is 0 Å². The molecule has 1 amide bonds. The molecule has 0 saturated heterocycles. The maximum atomic E-state index is 12.5. The highest BCUT2D eigenvalue weighted by Gasteiger charge is 2.25. The summed E-state index contributed by atoms with van der Waals surface area (Å²) >= 11 is 1.35. The van der Waals surface area contributed by atoms with Crippen molar-refractivity contribution >= 4 is 28.2 Å². The molecule has 1 aromatic heterocycles. The van der Waals surface area contributed by atoms with Gasteiger partial charge in [0.05, 0.1) is 23.8 Å². The van der Waals surface area contributed by atoms with Crippen LogP contribution in [0.2, 0.25) is 0 Å². The molecule has 0 aliphatic rings. The first-order chi connectivity index (χ1) is 12.9. The van der Waals surface area contributed by atoms with Crippen LogP contribution in [-0.2, 0) is 16.0 Å². The van der Waals surface area contributed by atoms with Gasteiger partial charge in [-0.1, -0.05) is 6.92 Å². The lowest BCUT2D eigenvalue weighted by molar-refractivity contribution is -0.122. The number of hydrogen-bond donors (Lipinski definition) is 1. The summed E-state index contributed by atoms with van der Waals surface area (Å²) in [6.45, 7) is 7.51. The maximum Gasteiger partial charge on any atom is 0.341 e. The van der Waals surface area contributed by atoms with Crippen molar-refractivity contribution in [3.8, 4) is 11.8 Å². The summed E-state index contributed by atoms with van der Waals surface area (Å²) in [5.74, 6) is -0.317. The topological polar surface area (TPSA) is 88.4 Å². The Labute approximate surface area is 162 Å². The summed E-state index contributed by atoms with van der Waals surface area (Å²) in [5, 5.41) is 12.1. The minimum absolute atomic E-state index is 0.266. The Bertz CT molecular complexity index is 865. The van der Waals surface area contributed by atoms with Gasteiger partial charge in [0.2, 0.25) is 0 Å². The molecule has 0 fully saturated rings. The van der Waals surface area contributed by atoms with Crippen molar-refractivity contribution in [3.05, 3.63) is 45.8 Å². The minimum Gasteiger partial charge on any atom is -0.481 e. The smallest absolute Gasteiger partial charge is 0.341 e. The normalized spacial score (nSPS) is 11.4. The molecule has 2 aromatic rings. The van der Waals surface area contributed by atoms with E-state index in [-0.39, 0.29) is 12.5 Å². The van der Waals surface area contributed by atoms with Crippen molar-refractivity contribution in [3.63, 3.8) is 0 Å². The molecule has 0 aliphatic carbocycles. The van der Waals surface area contributed by atoms with Gasteiger partial charge in [0.1, 0.15) is 10.8 Å². The van der Waals surface area contributed by atoms with E-state index in [1.165, 1.54) is 11.3 Å². The van der Waals surface area contributed by atoms with E-state index in [0.717, 1.165) is 10.4 Å². The van der Waals surface area contributed by atoms with Gasteiger partial charge < -0.3 is 14.8 Å². The van der Waals surface area contributed by atoms with Gasteiger partial charge >= 0.3 is 5.97 Å². The zero-order chi connectivity index (χ0) is 20.0. The lowest BCUT2D eigenvalue weighted by atomic mass is 10.1. The molecule has 1 atom stereocenters. The second-order valence-electron chi connectivity index (χ2n) is 5.80. The van der Waals surface area contributed by atoms with E-state index < -0.39 is 12.1 Å². The molecular weight excluding hydrogens is 364 g/mol. The van der Waals surface area contributed by atoms with Gasteiger partial charge in [-0.2, -0.15) is 5.26 Å². The number of nitriles is 1. The van der Waals surface area contributed by atoms with E-state index in [2.05, 4.69) is 5.32 Å². The third-order valence-corrected chi connectivity index (χ3v) is 5.01. The Morgan fingerprint density at radius 1 is 1.26 bits per heavy atom. The van der Waals surface area contributed by atoms with Crippen LogP contribution in [-0.4, -0.2) is 24.6 Å². The molecule has 1 N–H and O–H groups in total. The minimum atomic E-state index is -0.777. The largest absolute Gasteiger partial charge is 0.481 e. The Morgan fingerprint density at radius 3 is 2.48 bits per heavy atom. The second-order valence-corrected chi connectivity index (χ2v) is 7.03. The van der Waals surface area contributed by atoms with Gasteiger partial charge in [-0.05, 0) is 57.0 Å². The first-order valence-corrected chi connectivity index (χ1v) is 9.49. The highest BCUT2D eigenvalue weighted by atomic mass is 32.1. The number of hydrogen-bond acceptors (Lipinski definition) is 6. The zero-order valence-corrected chi connectivity index (χ0v) is 16.6. The van der Waals surface area contributed by atoms with E-state index in [1.54, 1.807) is 38.1 Å². The summed E-state index contributed by atoms with van der Waals surface area (Å²) in [5.41, 5.74) is 1.81. The Balaban J connectivity index is 2.16. The van der Waals surface area contributed by atoms with Crippen LogP contribution in [0.1, 0.15) is 47.1 Å². The fraction of sp³-hybridized carbons (Fsp3) is 0.350. The van der Waals surface area contributed by atoms with Crippen LogP contribution in [0.4, 0.5) is 5.00 Å². The molecule has 1 heterocycles. The first-order valence-electron chi connectivity index (χ1n) is 8.68. The van der Waals surface area contributed by atoms with Gasteiger partial charge in [0.25, 0.3) is 5.91 Å². The lowest BCUT2D eigenvalue weighted by Gasteiger charge is -2.15. The number of esters is 1. The quantitative estimate of drug-likeness (QED) is 0.725. The molecule has 0 saturated carbocycles. The number of aryl methyl sites for hydroxylation is 1. The predicted molar refractivity (Wildman–Crippen MR) is 104 cm³/mol. The molecule has 1 unspecified atom stereocenters. The molecule has 7 heteroatoms. The van der Waals surface area contributed by atoms with Crippen LogP contribution in [0.25, 0.3) is 0 Å². The molecule has 27 heavy (non-hydrogen) atoms. The average Bonchev–Trinajstić information content (AvgIpc) is 2.97. The molecule has 2 rings (SSSR count). The molecule has 1 aromatic carbocycles. The molecule has 0 aliphatic heterocycles. The molecular formula is C20H22N2O4S. The third kappa shape index (κ3) is 4.86. The van der Waals surface area contributed by atoms with Crippen LogP contribution >= 0.6 is 11.3 Å². The SMILES string of the molecule is CCOC(=O)c1c(NC(=O)C(C)Oc2ccc(C#N)cc2)sc(C)c1CC. The highest BCUT2D eigenvalue weighted by Crippen LogP contribution is 2.34. The Hall–Kier alpha value is -2.85. The van der Waals surface area contributed by atoms with Gasteiger partial charge in [-0.15, -0.1) is 11.3 Å². The molecule has 0 spiro atoms. The fourth-order valence-corrected chi connectivity index (χ4v) is 3.73. The van der Waals surface area contributed by atoms with E-state index in [4.69, 9.17) is 14.7 Å². The van der Waals surface area contributed by atoms with Crippen LogP contribution < -0.4 is 10.1 Å². The number of benzene rings is 1. The third-order valence-electron chi connectivity index (χ3n) is 3.94. The highest BCUT2D eigenvalue weighted by molar-refractivity contribution is 7.16. The Kier molecular flexibility index (Phi) is 6.97. The van der Waals surface area contributed by atoms with Gasteiger partial charge in [-0.25, -0.2) is 4.79 Å².